The molecule has 2 aromatic rings. The van der Waals surface area contributed by atoms with Crippen molar-refractivity contribution in [1.82, 2.24) is 0 Å². The Balaban J connectivity index is 2.01. The second-order valence-electron chi connectivity index (χ2n) is 4.83. The maximum atomic E-state index is 10.7. The van der Waals surface area contributed by atoms with Gasteiger partial charge >= 0.3 is 0 Å². The van der Waals surface area contributed by atoms with Gasteiger partial charge in [-0.2, -0.15) is 0 Å². The van der Waals surface area contributed by atoms with Gasteiger partial charge in [-0.1, -0.05) is 41.4 Å². The van der Waals surface area contributed by atoms with Crippen LogP contribution < -0.4 is 5.32 Å². The van der Waals surface area contributed by atoms with Crippen molar-refractivity contribution in [2.75, 3.05) is 5.32 Å². The molecule has 0 saturated heterocycles. The van der Waals surface area contributed by atoms with E-state index in [1.165, 1.54) is 17.7 Å². The summed E-state index contributed by atoms with van der Waals surface area (Å²) in [5, 5.41) is 14.0. The number of hydrogen-bond donors (Lipinski definition) is 1. The maximum Gasteiger partial charge on any atom is 0.270 e. The number of nitro groups is 1. The fraction of sp³-hybridized carbons (Fsp3) is 0.250. The van der Waals surface area contributed by atoms with Crippen LogP contribution >= 0.6 is 15.9 Å². The summed E-state index contributed by atoms with van der Waals surface area (Å²) in [5.74, 6) is 0. The monoisotopic (exact) mass is 348 g/mol. The third kappa shape index (κ3) is 4.29. The van der Waals surface area contributed by atoms with Crippen LogP contribution in [0.2, 0.25) is 0 Å². The number of nitrogens with zero attached hydrogens (tertiary/aromatic N) is 1. The van der Waals surface area contributed by atoms with Crippen LogP contribution in [0.1, 0.15) is 24.5 Å². The molecule has 0 aliphatic carbocycles. The number of rotatable bonds is 6. The quantitative estimate of drug-likeness (QED) is 0.595. The van der Waals surface area contributed by atoms with Crippen molar-refractivity contribution in [1.29, 1.82) is 0 Å². The van der Waals surface area contributed by atoms with Crippen molar-refractivity contribution in [3.63, 3.8) is 0 Å². The van der Waals surface area contributed by atoms with Crippen molar-refractivity contribution < 1.29 is 4.92 Å². The number of hydrogen-bond acceptors (Lipinski definition) is 3. The Labute approximate surface area is 132 Å². The summed E-state index contributed by atoms with van der Waals surface area (Å²) in [6.07, 6.45) is 2.23. The van der Waals surface area contributed by atoms with E-state index in [4.69, 9.17) is 0 Å². The number of nitro benzene ring substituents is 1. The summed E-state index contributed by atoms with van der Waals surface area (Å²) in [5.41, 5.74) is 3.45. The lowest BCUT2D eigenvalue weighted by Crippen LogP contribution is -2.01. The molecule has 21 heavy (non-hydrogen) atoms. The Morgan fingerprint density at radius 2 is 1.90 bits per heavy atom. The standard InChI is InChI=1S/C16H17BrN2O2/c1-2-3-12-4-7-14(8-5-12)18-11-13-6-9-15(19(20)21)10-16(13)17/h4-10,18H,2-3,11H2,1H3. The summed E-state index contributed by atoms with van der Waals surface area (Å²) in [6.45, 7) is 2.78. The van der Waals surface area contributed by atoms with Crippen molar-refractivity contribution in [2.24, 2.45) is 0 Å². The molecule has 0 heterocycles. The molecule has 2 rings (SSSR count). The molecule has 0 saturated carbocycles. The number of non-ortho nitro benzene ring substituents is 1. The van der Waals surface area contributed by atoms with Gasteiger partial charge in [0.25, 0.3) is 5.69 Å². The highest BCUT2D eigenvalue weighted by molar-refractivity contribution is 9.10. The fourth-order valence-electron chi connectivity index (χ4n) is 2.07. The van der Waals surface area contributed by atoms with E-state index in [0.717, 1.165) is 28.6 Å². The Morgan fingerprint density at radius 1 is 1.19 bits per heavy atom. The minimum Gasteiger partial charge on any atom is -0.381 e. The molecule has 5 heteroatoms. The molecule has 0 amide bonds. The van der Waals surface area contributed by atoms with Crippen LogP contribution in [-0.2, 0) is 13.0 Å². The zero-order chi connectivity index (χ0) is 15.2. The fourth-order valence-corrected chi connectivity index (χ4v) is 2.58. The molecule has 0 spiro atoms. The van der Waals surface area contributed by atoms with Crippen LogP contribution in [0.5, 0.6) is 0 Å². The normalized spacial score (nSPS) is 10.4. The summed E-state index contributed by atoms with van der Waals surface area (Å²) < 4.78 is 0.742. The molecule has 0 unspecified atom stereocenters. The molecule has 1 N–H and O–H groups in total. The highest BCUT2D eigenvalue weighted by Gasteiger charge is 2.08. The lowest BCUT2D eigenvalue weighted by molar-refractivity contribution is -0.384. The zero-order valence-corrected chi connectivity index (χ0v) is 13.4. The summed E-state index contributed by atoms with van der Waals surface area (Å²) >= 11 is 3.38. The number of halogens is 1. The van der Waals surface area contributed by atoms with Crippen LogP contribution in [0, 0.1) is 10.1 Å². The van der Waals surface area contributed by atoms with Gasteiger partial charge < -0.3 is 5.32 Å². The van der Waals surface area contributed by atoms with Crippen LogP contribution in [-0.4, -0.2) is 4.92 Å². The van der Waals surface area contributed by atoms with Gasteiger partial charge in [0.05, 0.1) is 4.92 Å². The van der Waals surface area contributed by atoms with Gasteiger partial charge in [0, 0.05) is 28.8 Å². The first-order valence-electron chi connectivity index (χ1n) is 6.85. The van der Waals surface area contributed by atoms with Crippen molar-refractivity contribution >= 4 is 27.3 Å². The van der Waals surface area contributed by atoms with E-state index in [2.05, 4.69) is 52.4 Å². The molecule has 0 aromatic heterocycles. The predicted octanol–water partition coefficient (Wildman–Crippen LogP) is 4.92. The van der Waals surface area contributed by atoms with Crippen molar-refractivity contribution in [3.8, 4) is 0 Å². The second-order valence-corrected chi connectivity index (χ2v) is 5.69. The number of benzene rings is 2. The highest BCUT2D eigenvalue weighted by Crippen LogP contribution is 2.24. The molecule has 0 radical (unpaired) electrons. The minimum absolute atomic E-state index is 0.0922. The lowest BCUT2D eigenvalue weighted by atomic mass is 10.1. The molecular weight excluding hydrogens is 332 g/mol. The van der Waals surface area contributed by atoms with Gasteiger partial charge in [-0.05, 0) is 35.7 Å². The van der Waals surface area contributed by atoms with Crippen LogP contribution in [0.4, 0.5) is 11.4 Å². The van der Waals surface area contributed by atoms with Gasteiger partial charge in [-0.25, -0.2) is 0 Å². The van der Waals surface area contributed by atoms with E-state index in [9.17, 15) is 10.1 Å². The van der Waals surface area contributed by atoms with Crippen LogP contribution in [0.3, 0.4) is 0 Å². The van der Waals surface area contributed by atoms with Gasteiger partial charge in [0.2, 0.25) is 0 Å². The van der Waals surface area contributed by atoms with E-state index < -0.39 is 4.92 Å². The van der Waals surface area contributed by atoms with Crippen LogP contribution in [0.15, 0.2) is 46.9 Å². The van der Waals surface area contributed by atoms with E-state index in [0.29, 0.717) is 6.54 Å². The Kier molecular flexibility index (Phi) is 5.33. The number of anilines is 1. The van der Waals surface area contributed by atoms with Crippen molar-refractivity contribution in [3.05, 3.63) is 68.2 Å². The second kappa shape index (κ2) is 7.22. The SMILES string of the molecule is CCCc1ccc(NCc2ccc([N+](=O)[O-])cc2Br)cc1. The lowest BCUT2D eigenvalue weighted by Gasteiger charge is -2.09. The average Bonchev–Trinajstić information content (AvgIpc) is 2.47. The third-order valence-electron chi connectivity index (χ3n) is 3.22. The summed E-state index contributed by atoms with van der Waals surface area (Å²) in [4.78, 5) is 10.3. The molecule has 110 valence electrons. The smallest absolute Gasteiger partial charge is 0.270 e. The van der Waals surface area contributed by atoms with Gasteiger partial charge in [0.1, 0.15) is 0 Å². The first-order valence-corrected chi connectivity index (χ1v) is 7.65. The number of nitrogens with one attached hydrogen (secondary N) is 1. The summed E-state index contributed by atoms with van der Waals surface area (Å²) in [6, 6.07) is 13.2. The largest absolute Gasteiger partial charge is 0.381 e. The molecule has 0 bridgehead atoms. The zero-order valence-electron chi connectivity index (χ0n) is 11.8. The molecule has 2 aromatic carbocycles. The van der Waals surface area contributed by atoms with Gasteiger partial charge in [-0.3, -0.25) is 10.1 Å². The van der Waals surface area contributed by atoms with Gasteiger partial charge in [0.15, 0.2) is 0 Å². The van der Waals surface area contributed by atoms with E-state index >= 15 is 0 Å². The Hall–Kier alpha value is -1.88. The molecule has 0 aliphatic heterocycles. The molecule has 0 atom stereocenters. The predicted molar refractivity (Wildman–Crippen MR) is 88.6 cm³/mol. The van der Waals surface area contributed by atoms with Crippen LogP contribution in [0.25, 0.3) is 0 Å². The minimum atomic E-state index is -0.394. The van der Waals surface area contributed by atoms with Crippen molar-refractivity contribution in [2.45, 2.75) is 26.3 Å². The van der Waals surface area contributed by atoms with E-state index in [1.54, 1.807) is 6.07 Å². The Morgan fingerprint density at radius 3 is 2.48 bits per heavy atom. The van der Waals surface area contributed by atoms with E-state index in [-0.39, 0.29) is 5.69 Å². The van der Waals surface area contributed by atoms with Gasteiger partial charge in [-0.15, -0.1) is 0 Å². The molecular formula is C16H17BrN2O2. The molecule has 4 nitrogen and oxygen atoms in total. The molecule has 0 fully saturated rings. The Bertz CT molecular complexity index is 627. The average molecular weight is 349 g/mol. The first-order chi connectivity index (χ1) is 10.1. The topological polar surface area (TPSA) is 55.2 Å². The number of aryl methyl sites for hydroxylation is 1. The first kappa shape index (κ1) is 15.5. The van der Waals surface area contributed by atoms with E-state index in [1.807, 2.05) is 0 Å². The highest BCUT2D eigenvalue weighted by atomic mass is 79.9. The maximum absolute atomic E-state index is 10.7. The summed E-state index contributed by atoms with van der Waals surface area (Å²) in [7, 11) is 0. The molecule has 0 aliphatic rings. The third-order valence-corrected chi connectivity index (χ3v) is 3.96.